The molecule has 1 aromatic rings. The summed E-state index contributed by atoms with van der Waals surface area (Å²) in [7, 11) is 1.50. The lowest BCUT2D eigenvalue weighted by molar-refractivity contribution is -0.385. The Morgan fingerprint density at radius 3 is 2.80 bits per heavy atom. The van der Waals surface area contributed by atoms with Gasteiger partial charge in [-0.25, -0.2) is 0 Å². The Morgan fingerprint density at radius 2 is 2.27 bits per heavy atom. The minimum absolute atomic E-state index is 0.0586. The van der Waals surface area contributed by atoms with Crippen LogP contribution in [0.1, 0.15) is 0 Å². The first-order valence-electron chi connectivity index (χ1n) is 4.20. The van der Waals surface area contributed by atoms with Gasteiger partial charge < -0.3 is 9.47 Å². The van der Waals surface area contributed by atoms with Gasteiger partial charge in [-0.05, 0) is 6.07 Å². The summed E-state index contributed by atoms with van der Waals surface area (Å²) in [5, 5.41) is 11.3. The molecule has 0 aromatic heterocycles. The second kappa shape index (κ2) is 5.55. The fourth-order valence-electron chi connectivity index (χ4n) is 1.04. The molecule has 0 fully saturated rings. The van der Waals surface area contributed by atoms with Crippen LogP contribution in [0.25, 0.3) is 0 Å². The van der Waals surface area contributed by atoms with Crippen LogP contribution in [0.3, 0.4) is 0 Å². The predicted octanol–water partition coefficient (Wildman–Crippen LogP) is 2.38. The van der Waals surface area contributed by atoms with E-state index in [-0.39, 0.29) is 11.4 Å². The molecule has 0 N–H and O–H groups in total. The van der Waals surface area contributed by atoms with Gasteiger partial charge in [0.25, 0.3) is 0 Å². The monoisotopic (exact) mass is 275 g/mol. The molecule has 1 aromatic carbocycles. The second-order valence-corrected chi connectivity index (χ2v) is 3.42. The molecule has 0 atom stereocenters. The quantitative estimate of drug-likeness (QED) is 0.470. The van der Waals surface area contributed by atoms with E-state index in [4.69, 9.17) is 9.47 Å². The van der Waals surface area contributed by atoms with Crippen molar-refractivity contribution in [2.75, 3.05) is 19.0 Å². The highest BCUT2D eigenvalue weighted by Crippen LogP contribution is 2.30. The van der Waals surface area contributed by atoms with Crippen molar-refractivity contribution in [1.82, 2.24) is 0 Å². The maximum atomic E-state index is 10.7. The van der Waals surface area contributed by atoms with Gasteiger partial charge in [-0.15, -0.1) is 0 Å². The van der Waals surface area contributed by atoms with Crippen molar-refractivity contribution in [1.29, 1.82) is 0 Å². The molecule has 0 saturated carbocycles. The summed E-state index contributed by atoms with van der Waals surface area (Å²) in [6, 6.07) is 4.39. The van der Waals surface area contributed by atoms with Gasteiger partial charge in [0.2, 0.25) is 5.75 Å². The summed E-state index contributed by atoms with van der Waals surface area (Å²) in [5.74, 6) is 0.754. The summed E-state index contributed by atoms with van der Waals surface area (Å²) in [6.07, 6.45) is 0. The number of ether oxygens (including phenoxy) is 2. The molecule has 0 bridgehead atoms. The molecule has 5 nitrogen and oxygen atoms in total. The molecule has 0 aliphatic rings. The van der Waals surface area contributed by atoms with Crippen molar-refractivity contribution < 1.29 is 14.4 Å². The smallest absolute Gasteiger partial charge is 0.311 e. The van der Waals surface area contributed by atoms with Gasteiger partial charge in [-0.1, -0.05) is 15.9 Å². The molecule has 0 saturated heterocycles. The molecule has 82 valence electrons. The number of benzene rings is 1. The van der Waals surface area contributed by atoms with Gasteiger partial charge in [-0.3, -0.25) is 10.1 Å². The summed E-state index contributed by atoms with van der Waals surface area (Å²) in [5.41, 5.74) is -0.0586. The predicted molar refractivity (Wildman–Crippen MR) is 58.9 cm³/mol. The highest BCUT2D eigenvalue weighted by Gasteiger charge is 2.15. The van der Waals surface area contributed by atoms with Crippen LogP contribution in [0, 0.1) is 10.1 Å². The van der Waals surface area contributed by atoms with Gasteiger partial charge in [0, 0.05) is 17.5 Å². The van der Waals surface area contributed by atoms with Gasteiger partial charge in [0.05, 0.1) is 18.6 Å². The van der Waals surface area contributed by atoms with Gasteiger partial charge in [0.1, 0.15) is 5.75 Å². The maximum absolute atomic E-state index is 10.7. The van der Waals surface area contributed by atoms with Crippen molar-refractivity contribution in [3.8, 4) is 11.5 Å². The van der Waals surface area contributed by atoms with Crippen LogP contribution in [0.15, 0.2) is 18.2 Å². The minimum atomic E-state index is -0.483. The largest absolute Gasteiger partial charge is 0.497 e. The third kappa shape index (κ3) is 3.09. The van der Waals surface area contributed by atoms with Crippen LogP contribution in [-0.2, 0) is 0 Å². The van der Waals surface area contributed by atoms with Crippen LogP contribution in [0.2, 0.25) is 0 Å². The average molecular weight is 276 g/mol. The zero-order valence-electron chi connectivity index (χ0n) is 8.10. The highest BCUT2D eigenvalue weighted by molar-refractivity contribution is 9.09. The van der Waals surface area contributed by atoms with Crippen molar-refractivity contribution in [2.24, 2.45) is 0 Å². The summed E-state index contributed by atoms with van der Waals surface area (Å²) in [6.45, 7) is 0.369. The normalized spacial score (nSPS) is 9.73. The number of hydrogen-bond acceptors (Lipinski definition) is 4. The first kappa shape index (κ1) is 11.8. The van der Waals surface area contributed by atoms with Gasteiger partial charge >= 0.3 is 5.69 Å². The number of methoxy groups -OCH3 is 1. The molecule has 15 heavy (non-hydrogen) atoms. The molecule has 6 heteroatoms. The number of halogens is 1. The summed E-state index contributed by atoms with van der Waals surface area (Å²) < 4.78 is 10.2. The SMILES string of the molecule is COc1ccc([N+](=O)[O-])c(OCCBr)c1. The first-order valence-corrected chi connectivity index (χ1v) is 5.32. The van der Waals surface area contributed by atoms with Crippen molar-refractivity contribution in [3.05, 3.63) is 28.3 Å². The lowest BCUT2D eigenvalue weighted by Gasteiger charge is -2.06. The van der Waals surface area contributed by atoms with E-state index in [0.717, 1.165) is 0 Å². The van der Waals surface area contributed by atoms with E-state index >= 15 is 0 Å². The number of rotatable bonds is 5. The average Bonchev–Trinajstić information content (AvgIpc) is 2.25. The number of nitrogens with zero attached hydrogens (tertiary/aromatic N) is 1. The van der Waals surface area contributed by atoms with Crippen LogP contribution in [0.5, 0.6) is 11.5 Å². The van der Waals surface area contributed by atoms with E-state index < -0.39 is 4.92 Å². The van der Waals surface area contributed by atoms with E-state index in [1.54, 1.807) is 0 Å². The van der Waals surface area contributed by atoms with E-state index in [1.165, 1.54) is 25.3 Å². The molecule has 1 rings (SSSR count). The minimum Gasteiger partial charge on any atom is -0.497 e. The maximum Gasteiger partial charge on any atom is 0.311 e. The molecular weight excluding hydrogens is 266 g/mol. The molecule has 0 amide bonds. The van der Waals surface area contributed by atoms with Crippen molar-refractivity contribution >= 4 is 21.6 Å². The molecule has 0 spiro atoms. The summed E-state index contributed by atoms with van der Waals surface area (Å²) in [4.78, 5) is 10.2. The Labute approximate surface area is 95.3 Å². The molecule has 0 radical (unpaired) electrons. The van der Waals surface area contributed by atoms with Crippen LogP contribution in [-0.4, -0.2) is 24.0 Å². The summed E-state index contributed by atoms with van der Waals surface area (Å²) >= 11 is 3.18. The fraction of sp³-hybridized carbons (Fsp3) is 0.333. The van der Waals surface area contributed by atoms with Crippen LogP contribution < -0.4 is 9.47 Å². The van der Waals surface area contributed by atoms with E-state index in [2.05, 4.69) is 15.9 Å². The standard InChI is InChI=1S/C9H10BrNO4/c1-14-7-2-3-8(11(12)13)9(6-7)15-5-4-10/h2-3,6H,4-5H2,1H3. The Morgan fingerprint density at radius 1 is 1.53 bits per heavy atom. The third-order valence-corrected chi connectivity index (χ3v) is 2.02. The van der Waals surface area contributed by atoms with Crippen molar-refractivity contribution in [3.63, 3.8) is 0 Å². The number of nitro groups is 1. The Balaban J connectivity index is 2.99. The van der Waals surface area contributed by atoms with Crippen LogP contribution >= 0.6 is 15.9 Å². The molecule has 0 aliphatic carbocycles. The second-order valence-electron chi connectivity index (χ2n) is 2.63. The zero-order valence-corrected chi connectivity index (χ0v) is 9.69. The van der Waals surface area contributed by atoms with Gasteiger partial charge in [-0.2, -0.15) is 0 Å². The molecule has 0 aliphatic heterocycles. The van der Waals surface area contributed by atoms with E-state index in [9.17, 15) is 10.1 Å². The third-order valence-electron chi connectivity index (χ3n) is 1.70. The van der Waals surface area contributed by atoms with E-state index in [0.29, 0.717) is 17.7 Å². The number of hydrogen-bond donors (Lipinski definition) is 0. The Bertz CT molecular complexity index is 356. The first-order chi connectivity index (χ1) is 7.19. The van der Waals surface area contributed by atoms with E-state index in [1.807, 2.05) is 0 Å². The Kier molecular flexibility index (Phi) is 4.36. The molecule has 0 heterocycles. The lowest BCUT2D eigenvalue weighted by atomic mass is 10.3. The Hall–Kier alpha value is -1.30. The zero-order chi connectivity index (χ0) is 11.3. The van der Waals surface area contributed by atoms with Crippen LogP contribution in [0.4, 0.5) is 5.69 Å². The molecule has 0 unspecified atom stereocenters. The van der Waals surface area contributed by atoms with Gasteiger partial charge in [0.15, 0.2) is 0 Å². The number of alkyl halides is 1. The topological polar surface area (TPSA) is 61.6 Å². The van der Waals surface area contributed by atoms with Crippen molar-refractivity contribution in [2.45, 2.75) is 0 Å². The fourth-order valence-corrected chi connectivity index (χ4v) is 1.20. The molecular formula is C9H10BrNO4. The number of nitro benzene ring substituents is 1. The lowest BCUT2D eigenvalue weighted by Crippen LogP contribution is -2.01. The highest BCUT2D eigenvalue weighted by atomic mass is 79.9.